The number of methoxy groups -OCH3 is 1. The van der Waals surface area contributed by atoms with Crippen molar-refractivity contribution < 1.29 is 9.53 Å². The average molecular weight is 447 g/mol. The number of piperazine rings is 1. The van der Waals surface area contributed by atoms with Crippen LogP contribution in [0.2, 0.25) is 5.02 Å². The molecule has 2 aromatic rings. The minimum atomic E-state index is 0. The lowest BCUT2D eigenvalue weighted by molar-refractivity contribution is 0.0627. The molecule has 0 bridgehead atoms. The van der Waals surface area contributed by atoms with E-state index in [1.54, 1.807) is 13.2 Å². The summed E-state index contributed by atoms with van der Waals surface area (Å²) in [5.41, 5.74) is 9.16. The van der Waals surface area contributed by atoms with Crippen LogP contribution in [0.5, 0.6) is 5.75 Å². The van der Waals surface area contributed by atoms with Crippen LogP contribution >= 0.6 is 36.4 Å². The van der Waals surface area contributed by atoms with Gasteiger partial charge in [-0.15, -0.1) is 24.8 Å². The molecule has 1 heterocycles. The molecule has 0 atom stereocenters. The van der Waals surface area contributed by atoms with Crippen LogP contribution in [0, 0.1) is 6.92 Å². The summed E-state index contributed by atoms with van der Waals surface area (Å²) in [6, 6.07) is 11.1. The van der Waals surface area contributed by atoms with Gasteiger partial charge in [-0.05, 0) is 42.8 Å². The van der Waals surface area contributed by atoms with Crippen molar-refractivity contribution in [1.82, 2.24) is 9.80 Å². The molecule has 0 aliphatic carbocycles. The van der Waals surface area contributed by atoms with Crippen LogP contribution in [0.1, 0.15) is 21.5 Å². The number of carbonyl (C=O) groups is 1. The molecule has 154 valence electrons. The molecule has 5 nitrogen and oxygen atoms in total. The molecular formula is C20H26Cl3N3O2. The van der Waals surface area contributed by atoms with E-state index >= 15 is 0 Å². The largest absolute Gasteiger partial charge is 0.496 e. The number of nitrogens with two attached hydrogens (primary N) is 1. The standard InChI is InChI=1S/C20H24ClN3O2.2ClH/c1-14-3-5-17(22)12-18(14)20(25)24-9-7-23(8-10-24)13-15-11-16(21)4-6-19(15)26-2;;/h3-6,11-12H,7-10,13,22H2,1-2H3;2*1H. The summed E-state index contributed by atoms with van der Waals surface area (Å²) >= 11 is 6.11. The van der Waals surface area contributed by atoms with Crippen LogP contribution < -0.4 is 10.5 Å². The second-order valence-corrected chi connectivity index (χ2v) is 7.04. The summed E-state index contributed by atoms with van der Waals surface area (Å²) in [4.78, 5) is 17.0. The first-order chi connectivity index (χ1) is 12.5. The summed E-state index contributed by atoms with van der Waals surface area (Å²) < 4.78 is 5.42. The third-order valence-corrected chi connectivity index (χ3v) is 5.02. The van der Waals surface area contributed by atoms with Crippen LogP contribution in [0.15, 0.2) is 36.4 Å². The molecule has 1 aliphatic rings. The fourth-order valence-electron chi connectivity index (χ4n) is 3.26. The molecule has 2 aromatic carbocycles. The zero-order valence-electron chi connectivity index (χ0n) is 16.0. The number of rotatable bonds is 4. The third kappa shape index (κ3) is 5.67. The monoisotopic (exact) mass is 445 g/mol. The molecule has 0 spiro atoms. The third-order valence-electron chi connectivity index (χ3n) is 4.79. The van der Waals surface area contributed by atoms with E-state index < -0.39 is 0 Å². The van der Waals surface area contributed by atoms with Crippen molar-refractivity contribution in [3.05, 3.63) is 58.1 Å². The highest BCUT2D eigenvalue weighted by Gasteiger charge is 2.24. The number of aryl methyl sites for hydroxylation is 1. The maximum atomic E-state index is 12.8. The SMILES string of the molecule is COc1ccc(Cl)cc1CN1CCN(C(=O)c2cc(N)ccc2C)CC1.Cl.Cl. The topological polar surface area (TPSA) is 58.8 Å². The summed E-state index contributed by atoms with van der Waals surface area (Å²) in [6.45, 7) is 5.69. The highest BCUT2D eigenvalue weighted by Crippen LogP contribution is 2.25. The Morgan fingerprint density at radius 1 is 1.11 bits per heavy atom. The van der Waals surface area contributed by atoms with Gasteiger partial charge in [0.1, 0.15) is 5.75 Å². The molecule has 0 saturated carbocycles. The quantitative estimate of drug-likeness (QED) is 0.720. The molecule has 1 amide bonds. The molecule has 0 aromatic heterocycles. The van der Waals surface area contributed by atoms with Crippen molar-refractivity contribution in [2.24, 2.45) is 0 Å². The van der Waals surface area contributed by atoms with Crippen molar-refractivity contribution >= 4 is 48.0 Å². The highest BCUT2D eigenvalue weighted by atomic mass is 35.5. The Kier molecular flexibility index (Phi) is 9.37. The fourth-order valence-corrected chi connectivity index (χ4v) is 3.46. The van der Waals surface area contributed by atoms with E-state index in [-0.39, 0.29) is 30.7 Å². The first-order valence-electron chi connectivity index (χ1n) is 8.68. The zero-order valence-corrected chi connectivity index (χ0v) is 18.4. The summed E-state index contributed by atoms with van der Waals surface area (Å²) in [5.74, 6) is 0.887. The lowest BCUT2D eigenvalue weighted by atomic mass is 10.1. The Labute approximate surface area is 183 Å². The van der Waals surface area contributed by atoms with Gasteiger partial charge < -0.3 is 15.4 Å². The van der Waals surface area contributed by atoms with E-state index in [2.05, 4.69) is 4.90 Å². The average Bonchev–Trinajstić information content (AvgIpc) is 2.64. The number of benzene rings is 2. The lowest BCUT2D eigenvalue weighted by Crippen LogP contribution is -2.48. The van der Waals surface area contributed by atoms with E-state index in [1.165, 1.54) is 0 Å². The molecule has 1 saturated heterocycles. The van der Waals surface area contributed by atoms with Gasteiger partial charge in [0.25, 0.3) is 5.91 Å². The molecule has 2 N–H and O–H groups in total. The first kappa shape index (κ1) is 24.4. The maximum absolute atomic E-state index is 12.8. The van der Waals surface area contributed by atoms with E-state index in [4.69, 9.17) is 22.1 Å². The van der Waals surface area contributed by atoms with Crippen LogP contribution in [-0.2, 0) is 6.54 Å². The first-order valence-corrected chi connectivity index (χ1v) is 9.06. The Hall–Kier alpha value is -1.66. The number of hydrogen-bond donors (Lipinski definition) is 1. The molecule has 1 aliphatic heterocycles. The number of ether oxygens (including phenoxy) is 1. The number of nitrogen functional groups attached to an aromatic ring is 1. The second kappa shape index (κ2) is 10.8. The van der Waals surface area contributed by atoms with Crippen molar-refractivity contribution in [2.75, 3.05) is 39.0 Å². The number of anilines is 1. The Morgan fingerprint density at radius 3 is 2.43 bits per heavy atom. The van der Waals surface area contributed by atoms with Crippen LogP contribution in [-0.4, -0.2) is 49.0 Å². The van der Waals surface area contributed by atoms with Crippen LogP contribution in [0.25, 0.3) is 0 Å². The van der Waals surface area contributed by atoms with Gasteiger partial charge in [-0.1, -0.05) is 17.7 Å². The van der Waals surface area contributed by atoms with Crippen molar-refractivity contribution in [3.63, 3.8) is 0 Å². The van der Waals surface area contributed by atoms with E-state index in [0.29, 0.717) is 29.4 Å². The van der Waals surface area contributed by atoms with Gasteiger partial charge in [0.05, 0.1) is 7.11 Å². The number of amides is 1. The van der Waals surface area contributed by atoms with Crippen LogP contribution in [0.3, 0.4) is 0 Å². The number of nitrogens with zero attached hydrogens (tertiary/aromatic N) is 2. The second-order valence-electron chi connectivity index (χ2n) is 6.60. The minimum Gasteiger partial charge on any atom is -0.496 e. The molecular weight excluding hydrogens is 421 g/mol. The van der Waals surface area contributed by atoms with Gasteiger partial charge in [0.2, 0.25) is 0 Å². The fraction of sp³-hybridized carbons (Fsp3) is 0.350. The molecule has 0 radical (unpaired) electrons. The van der Waals surface area contributed by atoms with E-state index in [1.807, 2.05) is 42.2 Å². The number of halogens is 3. The Bertz CT molecular complexity index is 809. The van der Waals surface area contributed by atoms with Crippen molar-refractivity contribution in [2.45, 2.75) is 13.5 Å². The summed E-state index contributed by atoms with van der Waals surface area (Å²) in [6.07, 6.45) is 0. The molecule has 0 unspecified atom stereocenters. The van der Waals surface area contributed by atoms with Gasteiger partial charge in [-0.25, -0.2) is 0 Å². The van der Waals surface area contributed by atoms with Crippen LogP contribution in [0.4, 0.5) is 5.69 Å². The van der Waals surface area contributed by atoms with Crippen molar-refractivity contribution in [1.29, 1.82) is 0 Å². The molecule has 8 heteroatoms. The highest BCUT2D eigenvalue weighted by molar-refractivity contribution is 6.30. The summed E-state index contributed by atoms with van der Waals surface area (Å²) in [5, 5.41) is 0.701. The Morgan fingerprint density at radius 2 is 1.79 bits per heavy atom. The van der Waals surface area contributed by atoms with Crippen molar-refractivity contribution in [3.8, 4) is 5.75 Å². The van der Waals surface area contributed by atoms with E-state index in [0.717, 1.165) is 36.5 Å². The summed E-state index contributed by atoms with van der Waals surface area (Å²) in [7, 11) is 1.66. The molecule has 1 fully saturated rings. The maximum Gasteiger partial charge on any atom is 0.254 e. The van der Waals surface area contributed by atoms with Gasteiger partial charge >= 0.3 is 0 Å². The lowest BCUT2D eigenvalue weighted by Gasteiger charge is -2.35. The predicted octanol–water partition coefficient (Wildman–Crippen LogP) is 4.04. The predicted molar refractivity (Wildman–Crippen MR) is 119 cm³/mol. The van der Waals surface area contributed by atoms with Gasteiger partial charge in [-0.3, -0.25) is 9.69 Å². The number of hydrogen-bond acceptors (Lipinski definition) is 4. The number of carbonyl (C=O) groups excluding carboxylic acids is 1. The minimum absolute atomic E-state index is 0. The van der Waals surface area contributed by atoms with Gasteiger partial charge in [0, 0.05) is 54.6 Å². The van der Waals surface area contributed by atoms with Gasteiger partial charge in [-0.2, -0.15) is 0 Å². The smallest absolute Gasteiger partial charge is 0.254 e. The Balaban J connectivity index is 0.00000196. The zero-order chi connectivity index (χ0) is 18.7. The molecule has 3 rings (SSSR count). The normalized spacial score (nSPS) is 14.0. The molecule has 28 heavy (non-hydrogen) atoms. The van der Waals surface area contributed by atoms with E-state index in [9.17, 15) is 4.79 Å². The van der Waals surface area contributed by atoms with Gasteiger partial charge in [0.15, 0.2) is 0 Å².